The van der Waals surface area contributed by atoms with Crippen molar-refractivity contribution in [3.8, 4) is 17.2 Å². The van der Waals surface area contributed by atoms with Crippen LogP contribution in [-0.2, 0) is 19.3 Å². The molecule has 0 amide bonds. The fourth-order valence-electron chi connectivity index (χ4n) is 3.48. The molecule has 3 nitrogen and oxygen atoms in total. The van der Waals surface area contributed by atoms with Crippen LogP contribution >= 0.6 is 0 Å². The molecule has 3 aromatic rings. The Hall–Kier alpha value is -2.94. The summed E-state index contributed by atoms with van der Waals surface area (Å²) in [5, 5.41) is 0. The molecule has 0 aromatic heterocycles. The van der Waals surface area contributed by atoms with Crippen molar-refractivity contribution < 1.29 is 14.2 Å². The first kappa shape index (κ1) is 17.5. The maximum Gasteiger partial charge on any atom is 0.231 e. The Balaban J connectivity index is 0.0000001000. The van der Waals surface area contributed by atoms with E-state index in [1.807, 2.05) is 42.5 Å². The number of ether oxygens (including phenoxy) is 3. The van der Waals surface area contributed by atoms with Crippen LogP contribution in [0.15, 0.2) is 72.8 Å². The predicted octanol–water partition coefficient (Wildman–Crippen LogP) is 5.21. The first-order valence-corrected chi connectivity index (χ1v) is 9.52. The highest BCUT2D eigenvalue weighted by atomic mass is 16.7. The smallest absolute Gasteiger partial charge is 0.231 e. The molecule has 3 aromatic carbocycles. The molecule has 2 aliphatic heterocycles. The monoisotopic (exact) mass is 360 g/mol. The van der Waals surface area contributed by atoms with E-state index in [1.54, 1.807) is 11.1 Å². The normalized spacial score (nSPS) is 14.7. The van der Waals surface area contributed by atoms with Gasteiger partial charge in [0, 0.05) is 6.42 Å². The van der Waals surface area contributed by atoms with Gasteiger partial charge in [0.1, 0.15) is 5.75 Å². The van der Waals surface area contributed by atoms with Gasteiger partial charge in [-0.05, 0) is 54.2 Å². The molecule has 0 unspecified atom stereocenters. The van der Waals surface area contributed by atoms with Crippen LogP contribution in [0.25, 0.3) is 0 Å². The second-order valence-corrected chi connectivity index (χ2v) is 6.68. The Bertz CT molecular complexity index is 701. The van der Waals surface area contributed by atoms with E-state index >= 15 is 0 Å². The van der Waals surface area contributed by atoms with E-state index in [0.29, 0.717) is 6.79 Å². The number of fused-ring (bicyclic) bond motifs is 3. The maximum atomic E-state index is 5.30. The molecule has 0 spiro atoms. The molecule has 0 fully saturated rings. The number of para-hydroxylation sites is 3. The van der Waals surface area contributed by atoms with Gasteiger partial charge in [-0.2, -0.15) is 0 Å². The summed E-state index contributed by atoms with van der Waals surface area (Å²) in [6.45, 7) is 1.22. The number of benzene rings is 3. The van der Waals surface area contributed by atoms with E-state index in [0.717, 1.165) is 30.3 Å². The molecule has 2 heterocycles. The second-order valence-electron chi connectivity index (χ2n) is 6.68. The number of hydrogen-bond donors (Lipinski definition) is 0. The van der Waals surface area contributed by atoms with E-state index in [2.05, 4.69) is 30.3 Å². The van der Waals surface area contributed by atoms with Crippen molar-refractivity contribution in [1.82, 2.24) is 0 Å². The largest absolute Gasteiger partial charge is 0.493 e. The van der Waals surface area contributed by atoms with E-state index in [9.17, 15) is 0 Å². The maximum absolute atomic E-state index is 5.30. The standard InChI is InChI=1S/C9H10.C8H8O.C7H6O2/c1-2-5-9-7-3-6-8(9)4-1;1-2-4-8-7(3-1)5-6-9-8;1-2-4-7-6(3-1)8-5-9-7/h1-2,4-5H,3,6-7H2;1-4H,5-6H2;1-4H,5H2. The summed E-state index contributed by atoms with van der Waals surface area (Å²) in [5.74, 6) is 2.76. The number of aryl methyl sites for hydroxylation is 2. The molecule has 27 heavy (non-hydrogen) atoms. The lowest BCUT2D eigenvalue weighted by molar-refractivity contribution is 0.174. The van der Waals surface area contributed by atoms with Gasteiger partial charge in [0.25, 0.3) is 0 Å². The van der Waals surface area contributed by atoms with Crippen LogP contribution < -0.4 is 14.2 Å². The third kappa shape index (κ3) is 4.43. The Kier molecular flexibility index (Phi) is 5.58. The average Bonchev–Trinajstić information content (AvgIpc) is 3.48. The fourth-order valence-corrected chi connectivity index (χ4v) is 3.48. The summed E-state index contributed by atoms with van der Waals surface area (Å²) in [6.07, 6.45) is 5.04. The number of hydrogen-bond acceptors (Lipinski definition) is 3. The molecule has 1 aliphatic carbocycles. The lowest BCUT2D eigenvalue weighted by atomic mass is 10.1. The van der Waals surface area contributed by atoms with Crippen molar-refractivity contribution in [2.24, 2.45) is 0 Å². The third-order valence-corrected chi connectivity index (χ3v) is 4.89. The van der Waals surface area contributed by atoms with Crippen LogP contribution in [0.1, 0.15) is 23.1 Å². The van der Waals surface area contributed by atoms with Crippen molar-refractivity contribution in [3.63, 3.8) is 0 Å². The zero-order chi connectivity index (χ0) is 18.3. The van der Waals surface area contributed by atoms with Gasteiger partial charge in [0.05, 0.1) is 6.61 Å². The lowest BCUT2D eigenvalue weighted by Gasteiger charge is -1.93. The van der Waals surface area contributed by atoms with Crippen molar-refractivity contribution in [2.75, 3.05) is 13.4 Å². The third-order valence-electron chi connectivity index (χ3n) is 4.89. The Morgan fingerprint density at radius 1 is 0.481 bits per heavy atom. The van der Waals surface area contributed by atoms with Crippen LogP contribution in [0.2, 0.25) is 0 Å². The minimum atomic E-state index is 0.360. The first-order chi connectivity index (χ1) is 13.4. The summed E-state index contributed by atoms with van der Waals surface area (Å²) in [7, 11) is 0. The molecule has 0 atom stereocenters. The van der Waals surface area contributed by atoms with Crippen LogP contribution in [0, 0.1) is 0 Å². The predicted molar refractivity (Wildman–Crippen MR) is 107 cm³/mol. The molecule has 0 bridgehead atoms. The van der Waals surface area contributed by atoms with Gasteiger partial charge in [-0.1, -0.05) is 54.6 Å². The molecule has 6 rings (SSSR count). The molecule has 138 valence electrons. The first-order valence-electron chi connectivity index (χ1n) is 9.52. The van der Waals surface area contributed by atoms with Gasteiger partial charge in [0.15, 0.2) is 11.5 Å². The topological polar surface area (TPSA) is 27.7 Å². The zero-order valence-corrected chi connectivity index (χ0v) is 15.4. The van der Waals surface area contributed by atoms with Gasteiger partial charge in [0.2, 0.25) is 6.79 Å². The summed E-state index contributed by atoms with van der Waals surface area (Å²) in [4.78, 5) is 0. The van der Waals surface area contributed by atoms with Crippen molar-refractivity contribution in [2.45, 2.75) is 25.7 Å². The van der Waals surface area contributed by atoms with Gasteiger partial charge < -0.3 is 14.2 Å². The SMILES string of the molecule is c1ccc2c(c1)CCC2.c1ccc2c(c1)CCO2.c1ccc2c(c1)OCO2. The number of rotatable bonds is 0. The summed E-state index contributed by atoms with van der Waals surface area (Å²) < 4.78 is 15.5. The Labute approximate surface area is 160 Å². The van der Waals surface area contributed by atoms with Crippen molar-refractivity contribution in [3.05, 3.63) is 89.5 Å². The molecular formula is C24H24O3. The van der Waals surface area contributed by atoms with Gasteiger partial charge >= 0.3 is 0 Å². The van der Waals surface area contributed by atoms with E-state index in [1.165, 1.54) is 24.8 Å². The van der Waals surface area contributed by atoms with Gasteiger partial charge in [-0.3, -0.25) is 0 Å². The van der Waals surface area contributed by atoms with Gasteiger partial charge in [-0.15, -0.1) is 0 Å². The van der Waals surface area contributed by atoms with E-state index in [4.69, 9.17) is 14.2 Å². The Morgan fingerprint density at radius 2 is 1.00 bits per heavy atom. The van der Waals surface area contributed by atoms with E-state index < -0.39 is 0 Å². The fraction of sp³-hybridized carbons (Fsp3) is 0.250. The van der Waals surface area contributed by atoms with Crippen molar-refractivity contribution >= 4 is 0 Å². The molecule has 0 N–H and O–H groups in total. The molecule has 0 saturated carbocycles. The zero-order valence-electron chi connectivity index (χ0n) is 15.4. The van der Waals surface area contributed by atoms with Crippen molar-refractivity contribution in [1.29, 1.82) is 0 Å². The van der Waals surface area contributed by atoms with E-state index in [-0.39, 0.29) is 0 Å². The highest BCUT2D eigenvalue weighted by Crippen LogP contribution is 2.30. The average molecular weight is 360 g/mol. The minimum absolute atomic E-state index is 0.360. The van der Waals surface area contributed by atoms with Crippen LogP contribution in [0.5, 0.6) is 17.2 Å². The van der Waals surface area contributed by atoms with Crippen LogP contribution in [0.3, 0.4) is 0 Å². The van der Waals surface area contributed by atoms with Gasteiger partial charge in [-0.25, -0.2) is 0 Å². The van der Waals surface area contributed by atoms with Crippen LogP contribution in [-0.4, -0.2) is 13.4 Å². The highest BCUT2D eigenvalue weighted by molar-refractivity contribution is 5.41. The molecular weight excluding hydrogens is 336 g/mol. The summed E-state index contributed by atoms with van der Waals surface area (Å²) in [5.41, 5.74) is 4.48. The molecule has 0 radical (unpaired) electrons. The molecule has 3 heteroatoms. The minimum Gasteiger partial charge on any atom is -0.493 e. The summed E-state index contributed by atoms with van der Waals surface area (Å²) >= 11 is 0. The molecule has 3 aliphatic rings. The molecule has 0 saturated heterocycles. The second kappa shape index (κ2) is 8.63. The lowest BCUT2D eigenvalue weighted by Crippen LogP contribution is -1.92. The van der Waals surface area contributed by atoms with Crippen LogP contribution in [0.4, 0.5) is 0 Å². The quantitative estimate of drug-likeness (QED) is 0.551. The highest BCUT2D eigenvalue weighted by Gasteiger charge is 2.10. The Morgan fingerprint density at radius 3 is 1.59 bits per heavy atom. The summed E-state index contributed by atoms with van der Waals surface area (Å²) in [6, 6.07) is 24.5.